The van der Waals surface area contributed by atoms with Gasteiger partial charge in [-0.15, -0.1) is 0 Å². The molecule has 0 heterocycles. The SMILES string of the molecule is CCC(C)CC(NC)C1(N(CC)CC)CCCC1. The monoisotopic (exact) mass is 254 g/mol. The summed E-state index contributed by atoms with van der Waals surface area (Å²) in [7, 11) is 2.16. The van der Waals surface area contributed by atoms with Gasteiger partial charge in [-0.2, -0.15) is 0 Å². The molecule has 2 nitrogen and oxygen atoms in total. The molecule has 1 saturated carbocycles. The van der Waals surface area contributed by atoms with Crippen molar-refractivity contribution >= 4 is 0 Å². The minimum absolute atomic E-state index is 0.432. The van der Waals surface area contributed by atoms with E-state index in [2.05, 4.69) is 45.0 Å². The average Bonchev–Trinajstić information content (AvgIpc) is 2.87. The molecule has 0 aromatic heterocycles. The molecule has 0 radical (unpaired) electrons. The average molecular weight is 254 g/mol. The van der Waals surface area contributed by atoms with E-state index in [-0.39, 0.29) is 0 Å². The molecule has 1 aliphatic carbocycles. The third kappa shape index (κ3) is 3.27. The van der Waals surface area contributed by atoms with Gasteiger partial charge in [0, 0.05) is 11.6 Å². The number of nitrogens with zero attached hydrogens (tertiary/aromatic N) is 1. The Morgan fingerprint density at radius 1 is 1.11 bits per heavy atom. The van der Waals surface area contributed by atoms with Gasteiger partial charge in [0.15, 0.2) is 0 Å². The molecule has 0 amide bonds. The third-order valence-corrected chi connectivity index (χ3v) is 5.19. The second kappa shape index (κ2) is 7.49. The van der Waals surface area contributed by atoms with Crippen LogP contribution in [0.2, 0.25) is 0 Å². The van der Waals surface area contributed by atoms with Gasteiger partial charge in [-0.25, -0.2) is 0 Å². The Balaban J connectivity index is 2.86. The van der Waals surface area contributed by atoms with Crippen LogP contribution in [-0.4, -0.2) is 36.6 Å². The largest absolute Gasteiger partial charge is 0.315 e. The minimum atomic E-state index is 0.432. The Kier molecular flexibility index (Phi) is 6.65. The van der Waals surface area contributed by atoms with Crippen molar-refractivity contribution in [1.29, 1.82) is 0 Å². The highest BCUT2D eigenvalue weighted by atomic mass is 15.2. The van der Waals surface area contributed by atoms with E-state index in [1.165, 1.54) is 51.6 Å². The first-order valence-electron chi connectivity index (χ1n) is 8.06. The zero-order valence-corrected chi connectivity index (χ0v) is 13.3. The third-order valence-electron chi connectivity index (χ3n) is 5.19. The van der Waals surface area contributed by atoms with Gasteiger partial charge in [0.05, 0.1) is 0 Å². The molecule has 1 rings (SSSR count). The van der Waals surface area contributed by atoms with Gasteiger partial charge in [-0.1, -0.05) is 47.0 Å². The number of nitrogens with one attached hydrogen (secondary N) is 1. The van der Waals surface area contributed by atoms with Gasteiger partial charge in [0.2, 0.25) is 0 Å². The summed E-state index contributed by atoms with van der Waals surface area (Å²) in [4.78, 5) is 2.73. The molecule has 1 aliphatic rings. The molecular weight excluding hydrogens is 220 g/mol. The summed E-state index contributed by atoms with van der Waals surface area (Å²) in [5.74, 6) is 0.829. The molecular formula is C16H34N2. The predicted molar refractivity (Wildman–Crippen MR) is 81.0 cm³/mol. The van der Waals surface area contributed by atoms with E-state index in [4.69, 9.17) is 0 Å². The van der Waals surface area contributed by atoms with Gasteiger partial charge < -0.3 is 5.32 Å². The van der Waals surface area contributed by atoms with Crippen molar-refractivity contribution in [3.63, 3.8) is 0 Å². The summed E-state index contributed by atoms with van der Waals surface area (Å²) in [6.07, 6.45) is 8.22. The van der Waals surface area contributed by atoms with Crippen LogP contribution in [0.15, 0.2) is 0 Å². The van der Waals surface area contributed by atoms with Crippen molar-refractivity contribution in [1.82, 2.24) is 10.2 Å². The van der Waals surface area contributed by atoms with E-state index in [0.29, 0.717) is 11.6 Å². The molecule has 0 aromatic rings. The molecule has 0 saturated heterocycles. The maximum absolute atomic E-state index is 3.66. The molecule has 0 aliphatic heterocycles. The van der Waals surface area contributed by atoms with Crippen LogP contribution in [0.25, 0.3) is 0 Å². The lowest BCUT2D eigenvalue weighted by molar-refractivity contribution is 0.0567. The van der Waals surface area contributed by atoms with E-state index in [9.17, 15) is 0 Å². The summed E-state index contributed by atoms with van der Waals surface area (Å²) < 4.78 is 0. The van der Waals surface area contributed by atoms with Crippen LogP contribution in [0.3, 0.4) is 0 Å². The van der Waals surface area contributed by atoms with Crippen LogP contribution >= 0.6 is 0 Å². The molecule has 2 atom stereocenters. The molecule has 1 N–H and O–H groups in total. The van der Waals surface area contributed by atoms with Crippen molar-refractivity contribution in [3.8, 4) is 0 Å². The molecule has 108 valence electrons. The Hall–Kier alpha value is -0.0800. The van der Waals surface area contributed by atoms with Gasteiger partial charge in [-0.3, -0.25) is 4.90 Å². The fourth-order valence-electron chi connectivity index (χ4n) is 3.90. The maximum atomic E-state index is 3.66. The normalized spacial score (nSPS) is 22.3. The molecule has 0 bridgehead atoms. The van der Waals surface area contributed by atoms with E-state index >= 15 is 0 Å². The lowest BCUT2D eigenvalue weighted by atomic mass is 9.80. The Labute approximate surface area is 115 Å². The van der Waals surface area contributed by atoms with Gasteiger partial charge in [-0.05, 0) is 45.3 Å². The second-order valence-electron chi connectivity index (χ2n) is 6.07. The van der Waals surface area contributed by atoms with E-state index in [1.807, 2.05) is 0 Å². The van der Waals surface area contributed by atoms with Crippen molar-refractivity contribution in [2.24, 2.45) is 5.92 Å². The number of hydrogen-bond donors (Lipinski definition) is 1. The highest BCUT2D eigenvalue weighted by molar-refractivity contribution is 5.03. The maximum Gasteiger partial charge on any atom is 0.0362 e. The number of rotatable bonds is 8. The summed E-state index contributed by atoms with van der Waals surface area (Å²) in [5, 5.41) is 3.66. The standard InChI is InChI=1S/C16H34N2/c1-6-14(4)13-15(17-5)16(11-9-10-12-16)18(7-2)8-3/h14-15,17H,6-13H2,1-5H3. The Morgan fingerprint density at radius 2 is 1.67 bits per heavy atom. The van der Waals surface area contributed by atoms with Crippen molar-refractivity contribution in [2.75, 3.05) is 20.1 Å². The smallest absolute Gasteiger partial charge is 0.0362 e. The minimum Gasteiger partial charge on any atom is -0.315 e. The number of likely N-dealkylation sites (N-methyl/N-ethyl adjacent to an activating group) is 2. The summed E-state index contributed by atoms with van der Waals surface area (Å²) in [5.41, 5.74) is 0.432. The fraction of sp³-hybridized carbons (Fsp3) is 1.00. The first-order chi connectivity index (χ1) is 8.64. The molecule has 18 heavy (non-hydrogen) atoms. The first kappa shape index (κ1) is 16.0. The van der Waals surface area contributed by atoms with Crippen LogP contribution in [0.4, 0.5) is 0 Å². The Morgan fingerprint density at radius 3 is 2.06 bits per heavy atom. The van der Waals surface area contributed by atoms with Gasteiger partial charge in [0.25, 0.3) is 0 Å². The quantitative estimate of drug-likeness (QED) is 0.711. The Bertz CT molecular complexity index is 217. The lowest BCUT2D eigenvalue weighted by Gasteiger charge is -2.47. The number of hydrogen-bond acceptors (Lipinski definition) is 2. The predicted octanol–water partition coefficient (Wildman–Crippen LogP) is 3.67. The van der Waals surface area contributed by atoms with Crippen LogP contribution in [0, 0.1) is 5.92 Å². The van der Waals surface area contributed by atoms with Crippen LogP contribution in [0.5, 0.6) is 0 Å². The van der Waals surface area contributed by atoms with Crippen molar-refractivity contribution in [3.05, 3.63) is 0 Å². The highest BCUT2D eigenvalue weighted by Crippen LogP contribution is 2.40. The molecule has 2 heteroatoms. The van der Waals surface area contributed by atoms with Crippen LogP contribution in [-0.2, 0) is 0 Å². The highest BCUT2D eigenvalue weighted by Gasteiger charge is 2.44. The van der Waals surface area contributed by atoms with Crippen molar-refractivity contribution in [2.45, 2.75) is 77.8 Å². The van der Waals surface area contributed by atoms with Gasteiger partial charge >= 0.3 is 0 Å². The lowest BCUT2D eigenvalue weighted by Crippen LogP contribution is -2.59. The second-order valence-corrected chi connectivity index (χ2v) is 6.07. The molecule has 0 spiro atoms. The van der Waals surface area contributed by atoms with E-state index < -0.39 is 0 Å². The fourth-order valence-corrected chi connectivity index (χ4v) is 3.90. The molecule has 1 fully saturated rings. The van der Waals surface area contributed by atoms with E-state index in [0.717, 1.165) is 5.92 Å². The molecule has 0 aromatic carbocycles. The molecule has 2 unspecified atom stereocenters. The van der Waals surface area contributed by atoms with Crippen molar-refractivity contribution < 1.29 is 0 Å². The van der Waals surface area contributed by atoms with Crippen LogP contribution < -0.4 is 5.32 Å². The summed E-state index contributed by atoms with van der Waals surface area (Å²) in [6, 6.07) is 0.662. The zero-order valence-electron chi connectivity index (χ0n) is 13.3. The zero-order chi connectivity index (χ0) is 13.6. The topological polar surface area (TPSA) is 15.3 Å². The van der Waals surface area contributed by atoms with Gasteiger partial charge in [0.1, 0.15) is 0 Å². The summed E-state index contributed by atoms with van der Waals surface area (Å²) in [6.45, 7) is 11.7. The van der Waals surface area contributed by atoms with E-state index in [1.54, 1.807) is 0 Å². The first-order valence-corrected chi connectivity index (χ1v) is 8.06. The van der Waals surface area contributed by atoms with Crippen LogP contribution in [0.1, 0.15) is 66.2 Å². The summed E-state index contributed by atoms with van der Waals surface area (Å²) >= 11 is 0.